The molecule has 0 aromatic heterocycles. The molecule has 3 heteroatoms. The largest absolute Gasteiger partial charge is 0.503 e. The highest BCUT2D eigenvalue weighted by molar-refractivity contribution is 5.32. The smallest absolute Gasteiger partial charge is 0.187 e. The highest BCUT2D eigenvalue weighted by Gasteiger charge is 2.23. The van der Waals surface area contributed by atoms with Gasteiger partial charge in [0.2, 0.25) is 0 Å². The van der Waals surface area contributed by atoms with Crippen molar-refractivity contribution in [2.75, 3.05) is 0 Å². The van der Waals surface area contributed by atoms with Crippen molar-refractivity contribution >= 4 is 0 Å². The molecule has 20 heavy (non-hydrogen) atoms. The van der Waals surface area contributed by atoms with Gasteiger partial charge in [0.1, 0.15) is 0 Å². The molecule has 1 saturated carbocycles. The standard InChI is InChI=1S/C17H24F2O/c1-2-3-4-5-12-6-8-13(9-7-12)14-10-15(18)17(20)16(19)11-14/h10-13,20H,2-9H2,1H3/t12-,13-. The third kappa shape index (κ3) is 3.71. The minimum atomic E-state index is -0.859. The second-order valence-corrected chi connectivity index (χ2v) is 6.05. The molecule has 0 atom stereocenters. The average molecular weight is 282 g/mol. The summed E-state index contributed by atoms with van der Waals surface area (Å²) < 4.78 is 26.8. The van der Waals surface area contributed by atoms with Crippen LogP contribution in [0.5, 0.6) is 5.75 Å². The third-order valence-electron chi connectivity index (χ3n) is 4.57. The van der Waals surface area contributed by atoms with Crippen LogP contribution in [0.1, 0.15) is 69.8 Å². The first kappa shape index (κ1) is 15.3. The summed E-state index contributed by atoms with van der Waals surface area (Å²) in [5.74, 6) is -1.52. The van der Waals surface area contributed by atoms with Crippen molar-refractivity contribution in [1.82, 2.24) is 0 Å². The van der Waals surface area contributed by atoms with E-state index in [4.69, 9.17) is 5.11 Å². The van der Waals surface area contributed by atoms with Crippen LogP contribution in [-0.4, -0.2) is 5.11 Å². The lowest BCUT2D eigenvalue weighted by molar-refractivity contribution is 0.301. The Morgan fingerprint density at radius 1 is 1.05 bits per heavy atom. The average Bonchev–Trinajstić information content (AvgIpc) is 2.45. The number of hydrogen-bond acceptors (Lipinski definition) is 1. The van der Waals surface area contributed by atoms with Crippen LogP contribution in [-0.2, 0) is 0 Å². The van der Waals surface area contributed by atoms with E-state index in [1.165, 1.54) is 37.8 Å². The zero-order valence-corrected chi connectivity index (χ0v) is 12.2. The Bertz CT molecular complexity index is 414. The molecule has 1 fully saturated rings. The molecule has 1 aliphatic carbocycles. The lowest BCUT2D eigenvalue weighted by Crippen LogP contribution is -2.13. The molecule has 1 aliphatic rings. The van der Waals surface area contributed by atoms with Gasteiger partial charge in [-0.2, -0.15) is 0 Å². The quantitative estimate of drug-likeness (QED) is 0.704. The molecule has 0 aliphatic heterocycles. The van der Waals surface area contributed by atoms with Crippen molar-refractivity contribution in [3.05, 3.63) is 29.3 Å². The Morgan fingerprint density at radius 3 is 2.20 bits per heavy atom. The molecular formula is C17H24F2O. The van der Waals surface area contributed by atoms with Gasteiger partial charge in [0.05, 0.1) is 0 Å². The van der Waals surface area contributed by atoms with Gasteiger partial charge in [-0.1, -0.05) is 32.6 Å². The summed E-state index contributed by atoms with van der Waals surface area (Å²) in [6.45, 7) is 2.21. The van der Waals surface area contributed by atoms with Crippen LogP contribution < -0.4 is 0 Å². The van der Waals surface area contributed by atoms with Crippen molar-refractivity contribution in [1.29, 1.82) is 0 Å². The Kier molecular flexibility index (Phi) is 5.38. The summed E-state index contributed by atoms with van der Waals surface area (Å²) in [7, 11) is 0. The zero-order valence-electron chi connectivity index (χ0n) is 12.2. The van der Waals surface area contributed by atoms with E-state index in [1.54, 1.807) is 0 Å². The lowest BCUT2D eigenvalue weighted by Gasteiger charge is -2.29. The maximum absolute atomic E-state index is 13.4. The zero-order chi connectivity index (χ0) is 14.5. The van der Waals surface area contributed by atoms with E-state index < -0.39 is 17.4 Å². The number of hydrogen-bond donors (Lipinski definition) is 1. The van der Waals surface area contributed by atoms with Crippen molar-refractivity contribution in [3.63, 3.8) is 0 Å². The van der Waals surface area contributed by atoms with Gasteiger partial charge in [-0.3, -0.25) is 0 Å². The molecule has 1 aromatic carbocycles. The van der Waals surface area contributed by atoms with Gasteiger partial charge in [-0.15, -0.1) is 0 Å². The molecule has 112 valence electrons. The molecule has 0 spiro atoms. The molecule has 0 radical (unpaired) electrons. The summed E-state index contributed by atoms with van der Waals surface area (Å²) >= 11 is 0. The van der Waals surface area contributed by atoms with Crippen LogP contribution in [0.15, 0.2) is 12.1 Å². The number of phenolic OH excluding ortho intramolecular Hbond substituents is 1. The number of halogens is 2. The highest BCUT2D eigenvalue weighted by Crippen LogP contribution is 2.39. The third-order valence-corrected chi connectivity index (χ3v) is 4.57. The van der Waals surface area contributed by atoms with Gasteiger partial charge >= 0.3 is 0 Å². The van der Waals surface area contributed by atoms with Gasteiger partial charge in [-0.25, -0.2) is 8.78 Å². The van der Waals surface area contributed by atoms with Crippen LogP contribution >= 0.6 is 0 Å². The fourth-order valence-electron chi connectivity index (χ4n) is 3.29. The first-order valence-electron chi connectivity index (χ1n) is 7.79. The Morgan fingerprint density at radius 2 is 1.65 bits per heavy atom. The molecule has 0 unspecified atom stereocenters. The first-order valence-corrected chi connectivity index (χ1v) is 7.79. The molecular weight excluding hydrogens is 258 g/mol. The molecule has 0 amide bonds. The minimum Gasteiger partial charge on any atom is -0.503 e. The van der Waals surface area contributed by atoms with Crippen LogP contribution in [0, 0.1) is 17.6 Å². The fourth-order valence-corrected chi connectivity index (χ4v) is 3.29. The first-order chi connectivity index (χ1) is 9.61. The Labute approximate surface area is 120 Å². The Hall–Kier alpha value is -1.12. The number of aromatic hydroxyl groups is 1. The van der Waals surface area contributed by atoms with E-state index in [2.05, 4.69) is 6.92 Å². The summed E-state index contributed by atoms with van der Waals surface area (Å²) in [5, 5.41) is 9.14. The van der Waals surface area contributed by atoms with Gasteiger partial charge in [-0.05, 0) is 55.2 Å². The van der Waals surface area contributed by atoms with E-state index in [-0.39, 0.29) is 5.92 Å². The molecule has 0 heterocycles. The van der Waals surface area contributed by atoms with Crippen molar-refractivity contribution < 1.29 is 13.9 Å². The minimum absolute atomic E-state index is 0.238. The maximum atomic E-state index is 13.4. The van der Waals surface area contributed by atoms with Crippen LogP contribution in [0.4, 0.5) is 8.78 Å². The summed E-state index contributed by atoms with van der Waals surface area (Å²) in [5.41, 5.74) is 0.699. The second-order valence-electron chi connectivity index (χ2n) is 6.05. The van der Waals surface area contributed by atoms with E-state index >= 15 is 0 Å². The number of unbranched alkanes of at least 4 members (excludes halogenated alkanes) is 2. The van der Waals surface area contributed by atoms with E-state index in [9.17, 15) is 8.78 Å². The van der Waals surface area contributed by atoms with Crippen LogP contribution in [0.25, 0.3) is 0 Å². The monoisotopic (exact) mass is 282 g/mol. The van der Waals surface area contributed by atoms with Gasteiger partial charge < -0.3 is 5.11 Å². The number of phenols is 1. The lowest BCUT2D eigenvalue weighted by atomic mass is 9.77. The van der Waals surface area contributed by atoms with E-state index in [1.807, 2.05) is 0 Å². The molecule has 2 rings (SSSR count). The number of rotatable bonds is 5. The van der Waals surface area contributed by atoms with E-state index in [0.29, 0.717) is 5.56 Å². The topological polar surface area (TPSA) is 20.2 Å². The van der Waals surface area contributed by atoms with Gasteiger partial charge in [0.15, 0.2) is 17.4 Å². The SMILES string of the molecule is CCCCC[C@H]1CC[C@H](c2cc(F)c(O)c(F)c2)CC1. The predicted octanol–water partition coefficient (Wildman–Crippen LogP) is 5.52. The normalized spacial score (nSPS) is 22.9. The molecule has 1 nitrogen and oxygen atoms in total. The maximum Gasteiger partial charge on any atom is 0.187 e. The highest BCUT2D eigenvalue weighted by atomic mass is 19.1. The molecule has 1 N–H and O–H groups in total. The summed E-state index contributed by atoms with van der Waals surface area (Å²) in [6, 6.07) is 2.58. The van der Waals surface area contributed by atoms with E-state index in [0.717, 1.165) is 31.6 Å². The fraction of sp³-hybridized carbons (Fsp3) is 0.647. The molecule has 0 saturated heterocycles. The Balaban J connectivity index is 1.90. The summed E-state index contributed by atoms with van der Waals surface area (Å²) in [6.07, 6.45) is 9.45. The van der Waals surface area contributed by atoms with Crippen molar-refractivity contribution in [2.24, 2.45) is 5.92 Å². The molecule has 0 bridgehead atoms. The predicted molar refractivity (Wildman–Crippen MR) is 76.9 cm³/mol. The van der Waals surface area contributed by atoms with Gasteiger partial charge in [0.25, 0.3) is 0 Å². The van der Waals surface area contributed by atoms with Crippen molar-refractivity contribution in [2.45, 2.75) is 64.2 Å². The summed E-state index contributed by atoms with van der Waals surface area (Å²) in [4.78, 5) is 0. The van der Waals surface area contributed by atoms with Gasteiger partial charge in [0, 0.05) is 0 Å². The molecule has 1 aromatic rings. The van der Waals surface area contributed by atoms with Crippen molar-refractivity contribution in [3.8, 4) is 5.75 Å². The van der Waals surface area contributed by atoms with Crippen LogP contribution in [0.3, 0.4) is 0 Å². The number of benzene rings is 1. The van der Waals surface area contributed by atoms with Crippen LogP contribution in [0.2, 0.25) is 0 Å². The second kappa shape index (κ2) is 7.05.